The Bertz CT molecular complexity index is 532. The Labute approximate surface area is 113 Å². The van der Waals surface area contributed by atoms with Crippen molar-refractivity contribution >= 4 is 11.6 Å². The molecule has 18 heavy (non-hydrogen) atoms. The van der Waals surface area contributed by atoms with E-state index < -0.39 is 0 Å². The molecule has 4 heteroatoms. The van der Waals surface area contributed by atoms with E-state index in [0.29, 0.717) is 17.5 Å². The Kier molecular flexibility index (Phi) is 4.04. The van der Waals surface area contributed by atoms with Gasteiger partial charge in [-0.3, -0.25) is 0 Å². The average Bonchev–Trinajstić information content (AvgIpc) is 2.74. The molecule has 0 unspecified atom stereocenters. The van der Waals surface area contributed by atoms with Gasteiger partial charge >= 0.3 is 0 Å². The molecule has 2 rings (SSSR count). The molecule has 3 nitrogen and oxygen atoms in total. The minimum Gasteiger partial charge on any atom is -0.330 e. The van der Waals surface area contributed by atoms with Crippen LogP contribution in [0.15, 0.2) is 30.3 Å². The van der Waals surface area contributed by atoms with Crippen molar-refractivity contribution in [3.63, 3.8) is 0 Å². The van der Waals surface area contributed by atoms with E-state index in [1.807, 2.05) is 28.9 Å². The zero-order chi connectivity index (χ0) is 13.1. The second kappa shape index (κ2) is 5.55. The summed E-state index contributed by atoms with van der Waals surface area (Å²) in [4.78, 5) is 0. The van der Waals surface area contributed by atoms with Gasteiger partial charge < -0.3 is 5.73 Å². The first-order valence-electron chi connectivity index (χ1n) is 6.17. The number of halogens is 1. The standard InChI is InChI=1S/C14H18ClN3/c1-10(2)14-9-11(7-8-16)17-18(14)13-6-4-3-5-12(13)15/h3-6,9-10H,7-8,16H2,1-2H3. The molecule has 1 aromatic heterocycles. The molecule has 1 aromatic carbocycles. The molecule has 0 fully saturated rings. The van der Waals surface area contributed by atoms with E-state index in [1.165, 1.54) is 0 Å². The number of aromatic nitrogens is 2. The Morgan fingerprint density at radius 1 is 1.33 bits per heavy atom. The smallest absolute Gasteiger partial charge is 0.0835 e. The third-order valence-electron chi connectivity index (χ3n) is 2.86. The topological polar surface area (TPSA) is 43.8 Å². The Morgan fingerprint density at radius 3 is 2.67 bits per heavy atom. The summed E-state index contributed by atoms with van der Waals surface area (Å²) in [6, 6.07) is 9.86. The minimum absolute atomic E-state index is 0.389. The van der Waals surface area contributed by atoms with Crippen molar-refractivity contribution in [2.45, 2.75) is 26.2 Å². The quantitative estimate of drug-likeness (QED) is 0.921. The highest BCUT2D eigenvalue weighted by atomic mass is 35.5. The summed E-state index contributed by atoms with van der Waals surface area (Å²) in [7, 11) is 0. The fraction of sp³-hybridized carbons (Fsp3) is 0.357. The van der Waals surface area contributed by atoms with Crippen molar-refractivity contribution in [3.8, 4) is 5.69 Å². The van der Waals surface area contributed by atoms with Crippen molar-refractivity contribution < 1.29 is 0 Å². The van der Waals surface area contributed by atoms with Crippen LogP contribution in [0.3, 0.4) is 0 Å². The lowest BCUT2D eigenvalue weighted by atomic mass is 10.1. The summed E-state index contributed by atoms with van der Waals surface area (Å²) in [6.07, 6.45) is 0.789. The van der Waals surface area contributed by atoms with E-state index in [2.05, 4.69) is 25.0 Å². The highest BCUT2D eigenvalue weighted by molar-refractivity contribution is 6.32. The maximum absolute atomic E-state index is 6.24. The second-order valence-corrected chi connectivity index (χ2v) is 5.02. The monoisotopic (exact) mass is 263 g/mol. The molecule has 0 saturated carbocycles. The Hall–Kier alpha value is -1.32. The minimum atomic E-state index is 0.389. The molecule has 2 N–H and O–H groups in total. The molecule has 1 heterocycles. The highest BCUT2D eigenvalue weighted by Crippen LogP contribution is 2.25. The van der Waals surface area contributed by atoms with Crippen molar-refractivity contribution in [1.82, 2.24) is 9.78 Å². The van der Waals surface area contributed by atoms with Crippen molar-refractivity contribution in [2.75, 3.05) is 6.54 Å². The summed E-state index contributed by atoms with van der Waals surface area (Å²) >= 11 is 6.24. The molecular formula is C14H18ClN3. The number of nitrogens with zero attached hydrogens (tertiary/aromatic N) is 2. The number of hydrogen-bond acceptors (Lipinski definition) is 2. The molecule has 96 valence electrons. The van der Waals surface area contributed by atoms with Crippen LogP contribution in [-0.4, -0.2) is 16.3 Å². The van der Waals surface area contributed by atoms with E-state index in [-0.39, 0.29) is 0 Å². The molecule has 0 spiro atoms. The lowest BCUT2D eigenvalue weighted by Gasteiger charge is -2.11. The van der Waals surface area contributed by atoms with Crippen molar-refractivity contribution in [3.05, 3.63) is 46.7 Å². The van der Waals surface area contributed by atoms with Crippen LogP contribution >= 0.6 is 11.6 Å². The van der Waals surface area contributed by atoms with Crippen LogP contribution in [0.2, 0.25) is 5.02 Å². The largest absolute Gasteiger partial charge is 0.330 e. The predicted octanol–water partition coefficient (Wildman–Crippen LogP) is 3.15. The summed E-state index contributed by atoms with van der Waals surface area (Å²) in [5, 5.41) is 5.31. The van der Waals surface area contributed by atoms with Gasteiger partial charge in [0.05, 0.1) is 16.4 Å². The normalized spacial score (nSPS) is 11.2. The van der Waals surface area contributed by atoms with E-state index >= 15 is 0 Å². The van der Waals surface area contributed by atoms with Gasteiger partial charge in [-0.15, -0.1) is 0 Å². The van der Waals surface area contributed by atoms with Crippen LogP contribution in [0, 0.1) is 0 Å². The number of para-hydroxylation sites is 1. The molecule has 0 radical (unpaired) electrons. The number of rotatable bonds is 4. The Morgan fingerprint density at radius 2 is 2.06 bits per heavy atom. The van der Waals surface area contributed by atoms with E-state index in [1.54, 1.807) is 0 Å². The van der Waals surface area contributed by atoms with E-state index in [4.69, 9.17) is 17.3 Å². The SMILES string of the molecule is CC(C)c1cc(CCN)nn1-c1ccccc1Cl. The first-order chi connectivity index (χ1) is 8.63. The molecule has 0 bridgehead atoms. The van der Waals surface area contributed by atoms with Gasteiger partial charge in [-0.2, -0.15) is 5.10 Å². The molecule has 0 aliphatic carbocycles. The molecular weight excluding hydrogens is 246 g/mol. The number of hydrogen-bond donors (Lipinski definition) is 1. The lowest BCUT2D eigenvalue weighted by molar-refractivity contribution is 0.726. The third kappa shape index (κ3) is 2.57. The number of benzene rings is 1. The van der Waals surface area contributed by atoms with Gasteiger partial charge in [0, 0.05) is 12.1 Å². The first-order valence-corrected chi connectivity index (χ1v) is 6.55. The summed E-state index contributed by atoms with van der Waals surface area (Å²) in [5.41, 5.74) is 8.69. The van der Waals surface area contributed by atoms with Gasteiger partial charge in [-0.1, -0.05) is 37.6 Å². The second-order valence-electron chi connectivity index (χ2n) is 4.62. The average molecular weight is 264 g/mol. The zero-order valence-electron chi connectivity index (χ0n) is 10.7. The zero-order valence-corrected chi connectivity index (χ0v) is 11.5. The van der Waals surface area contributed by atoms with Gasteiger partial charge in [0.15, 0.2) is 0 Å². The van der Waals surface area contributed by atoms with Crippen molar-refractivity contribution in [2.24, 2.45) is 5.73 Å². The van der Waals surface area contributed by atoms with Gasteiger partial charge in [0.1, 0.15) is 0 Å². The third-order valence-corrected chi connectivity index (χ3v) is 3.18. The van der Waals surface area contributed by atoms with Crippen LogP contribution in [0.4, 0.5) is 0 Å². The summed E-state index contributed by atoms with van der Waals surface area (Å²) in [6.45, 7) is 4.91. The van der Waals surface area contributed by atoms with Crippen molar-refractivity contribution in [1.29, 1.82) is 0 Å². The summed E-state index contributed by atoms with van der Waals surface area (Å²) in [5.74, 6) is 0.389. The maximum Gasteiger partial charge on any atom is 0.0835 e. The van der Waals surface area contributed by atoms with E-state index in [9.17, 15) is 0 Å². The Balaban J connectivity index is 2.52. The molecule has 0 aliphatic rings. The van der Waals surface area contributed by atoms with Crippen LogP contribution in [-0.2, 0) is 6.42 Å². The summed E-state index contributed by atoms with van der Waals surface area (Å²) < 4.78 is 1.93. The van der Waals surface area contributed by atoms with Gasteiger partial charge in [0.25, 0.3) is 0 Å². The molecule has 2 aromatic rings. The molecule has 0 amide bonds. The van der Waals surface area contributed by atoms with Crippen LogP contribution in [0.25, 0.3) is 5.69 Å². The fourth-order valence-corrected chi connectivity index (χ4v) is 2.16. The molecule has 0 aliphatic heterocycles. The van der Waals surface area contributed by atoms with Crippen LogP contribution in [0.1, 0.15) is 31.2 Å². The fourth-order valence-electron chi connectivity index (χ4n) is 1.94. The van der Waals surface area contributed by atoms with E-state index in [0.717, 1.165) is 23.5 Å². The van der Waals surface area contributed by atoms with Gasteiger partial charge in [0.2, 0.25) is 0 Å². The maximum atomic E-state index is 6.24. The molecule has 0 atom stereocenters. The predicted molar refractivity (Wildman–Crippen MR) is 75.4 cm³/mol. The van der Waals surface area contributed by atoms with Crippen LogP contribution < -0.4 is 5.73 Å². The molecule has 0 saturated heterocycles. The number of nitrogens with two attached hydrogens (primary N) is 1. The highest BCUT2D eigenvalue weighted by Gasteiger charge is 2.13. The first kappa shape index (κ1) is 13.1. The van der Waals surface area contributed by atoms with Crippen LogP contribution in [0.5, 0.6) is 0 Å². The lowest BCUT2D eigenvalue weighted by Crippen LogP contribution is -2.06. The van der Waals surface area contributed by atoms with Gasteiger partial charge in [-0.05, 0) is 30.7 Å². The van der Waals surface area contributed by atoms with Gasteiger partial charge in [-0.25, -0.2) is 4.68 Å².